The van der Waals surface area contributed by atoms with E-state index in [0.29, 0.717) is 17.4 Å². The Morgan fingerprint density at radius 1 is 1.15 bits per heavy atom. The Hall–Kier alpha value is -1.07. The molecular weight excluding hydrogens is 265 g/mol. The largest absolute Gasteiger partial charge is 0.416 e. The molecule has 1 aromatic rings. The molecule has 1 unspecified atom stereocenters. The highest BCUT2D eigenvalue weighted by atomic mass is 19.4. The topological polar surface area (TPSA) is 15.3 Å². The molecule has 2 fully saturated rings. The monoisotopic (exact) mass is 284 g/mol. The van der Waals surface area contributed by atoms with Gasteiger partial charge in [0.1, 0.15) is 0 Å². The van der Waals surface area contributed by atoms with Gasteiger partial charge < -0.3 is 5.32 Å². The predicted molar refractivity (Wildman–Crippen MR) is 71.3 cm³/mol. The Morgan fingerprint density at radius 3 is 2.35 bits per heavy atom. The standard InChI is InChI=1S/C15H19F3N2/c1-10(20-8-11-6-19-7-12(11)9-20)13-4-2-3-5-14(13)15(16,17)18/h2-5,10-12,19H,6-9H2,1H3/t10?,11-,12+. The van der Waals surface area contributed by atoms with E-state index in [9.17, 15) is 13.2 Å². The van der Waals surface area contributed by atoms with Gasteiger partial charge in [0.2, 0.25) is 0 Å². The molecular formula is C15H19F3N2. The van der Waals surface area contributed by atoms with Gasteiger partial charge in [0, 0.05) is 19.1 Å². The molecule has 20 heavy (non-hydrogen) atoms. The lowest BCUT2D eigenvalue weighted by molar-refractivity contribution is -0.138. The molecule has 110 valence electrons. The van der Waals surface area contributed by atoms with Crippen LogP contribution < -0.4 is 5.32 Å². The van der Waals surface area contributed by atoms with Crippen LogP contribution in [0.5, 0.6) is 0 Å². The zero-order valence-electron chi connectivity index (χ0n) is 11.5. The van der Waals surface area contributed by atoms with Crippen molar-refractivity contribution in [1.82, 2.24) is 10.2 Å². The fourth-order valence-corrected chi connectivity index (χ4v) is 3.52. The third-order valence-electron chi connectivity index (χ3n) is 4.68. The number of rotatable bonds is 2. The Bertz CT molecular complexity index is 474. The molecule has 0 amide bonds. The smallest absolute Gasteiger partial charge is 0.316 e. The third kappa shape index (κ3) is 2.44. The first-order chi connectivity index (χ1) is 9.47. The summed E-state index contributed by atoms with van der Waals surface area (Å²) >= 11 is 0. The van der Waals surface area contributed by atoms with Crippen molar-refractivity contribution in [3.8, 4) is 0 Å². The number of nitrogens with one attached hydrogen (secondary N) is 1. The van der Waals surface area contributed by atoms with Crippen molar-refractivity contribution in [1.29, 1.82) is 0 Å². The van der Waals surface area contributed by atoms with E-state index >= 15 is 0 Å². The average Bonchev–Trinajstić information content (AvgIpc) is 2.97. The van der Waals surface area contributed by atoms with E-state index < -0.39 is 11.7 Å². The van der Waals surface area contributed by atoms with Crippen LogP contribution in [-0.4, -0.2) is 31.1 Å². The number of hydrogen-bond acceptors (Lipinski definition) is 2. The quantitative estimate of drug-likeness (QED) is 0.898. The maximum Gasteiger partial charge on any atom is 0.416 e. The normalized spacial score (nSPS) is 28.6. The highest BCUT2D eigenvalue weighted by molar-refractivity contribution is 5.32. The van der Waals surface area contributed by atoms with Crippen LogP contribution in [0.1, 0.15) is 24.1 Å². The molecule has 0 spiro atoms. The van der Waals surface area contributed by atoms with Crippen LogP contribution in [0, 0.1) is 11.8 Å². The highest BCUT2D eigenvalue weighted by Gasteiger charge is 2.40. The van der Waals surface area contributed by atoms with Gasteiger partial charge in [-0.05, 0) is 43.5 Å². The van der Waals surface area contributed by atoms with Gasteiger partial charge in [-0.2, -0.15) is 13.2 Å². The van der Waals surface area contributed by atoms with Crippen molar-refractivity contribution < 1.29 is 13.2 Å². The highest BCUT2D eigenvalue weighted by Crippen LogP contribution is 2.38. The van der Waals surface area contributed by atoms with Gasteiger partial charge in [-0.25, -0.2) is 0 Å². The molecule has 2 saturated heterocycles. The number of alkyl halides is 3. The summed E-state index contributed by atoms with van der Waals surface area (Å²) in [5.74, 6) is 1.19. The third-order valence-corrected chi connectivity index (χ3v) is 4.68. The van der Waals surface area contributed by atoms with E-state index in [4.69, 9.17) is 0 Å². The van der Waals surface area contributed by atoms with Crippen molar-refractivity contribution in [2.45, 2.75) is 19.1 Å². The number of nitrogens with zero attached hydrogens (tertiary/aromatic N) is 1. The van der Waals surface area contributed by atoms with E-state index in [1.807, 2.05) is 6.92 Å². The number of halogens is 3. The Balaban J connectivity index is 1.83. The summed E-state index contributed by atoms with van der Waals surface area (Å²) in [5.41, 5.74) is -0.101. The van der Waals surface area contributed by atoms with Crippen LogP contribution in [0.2, 0.25) is 0 Å². The van der Waals surface area contributed by atoms with Gasteiger partial charge in [0.25, 0.3) is 0 Å². The minimum atomic E-state index is -4.28. The van der Waals surface area contributed by atoms with Crippen molar-refractivity contribution >= 4 is 0 Å². The fourth-order valence-electron chi connectivity index (χ4n) is 3.52. The van der Waals surface area contributed by atoms with E-state index in [-0.39, 0.29) is 6.04 Å². The lowest BCUT2D eigenvalue weighted by atomic mass is 10.00. The van der Waals surface area contributed by atoms with E-state index in [2.05, 4.69) is 10.2 Å². The Morgan fingerprint density at radius 2 is 1.75 bits per heavy atom. The zero-order chi connectivity index (χ0) is 14.3. The predicted octanol–water partition coefficient (Wildman–Crippen LogP) is 2.92. The van der Waals surface area contributed by atoms with Gasteiger partial charge in [0.15, 0.2) is 0 Å². The molecule has 0 aromatic heterocycles. The van der Waals surface area contributed by atoms with Gasteiger partial charge >= 0.3 is 6.18 Å². The Kier molecular flexibility index (Phi) is 3.50. The van der Waals surface area contributed by atoms with Crippen molar-refractivity contribution in [2.24, 2.45) is 11.8 Å². The summed E-state index contributed by atoms with van der Waals surface area (Å²) in [5, 5.41) is 3.35. The summed E-state index contributed by atoms with van der Waals surface area (Å²) < 4.78 is 39.3. The van der Waals surface area contributed by atoms with Crippen LogP contribution in [0.25, 0.3) is 0 Å². The van der Waals surface area contributed by atoms with Crippen molar-refractivity contribution in [3.05, 3.63) is 35.4 Å². The van der Waals surface area contributed by atoms with Gasteiger partial charge in [-0.15, -0.1) is 0 Å². The minimum absolute atomic E-state index is 0.182. The van der Waals surface area contributed by atoms with Crippen LogP contribution in [-0.2, 0) is 6.18 Å². The first-order valence-corrected chi connectivity index (χ1v) is 7.07. The molecule has 2 aliphatic rings. The van der Waals surface area contributed by atoms with E-state index in [0.717, 1.165) is 26.2 Å². The summed E-state index contributed by atoms with van der Waals surface area (Å²) in [6.07, 6.45) is -4.28. The van der Waals surface area contributed by atoms with Crippen molar-refractivity contribution in [2.75, 3.05) is 26.2 Å². The zero-order valence-corrected chi connectivity index (χ0v) is 11.5. The fraction of sp³-hybridized carbons (Fsp3) is 0.600. The maximum atomic E-state index is 13.1. The second-order valence-electron chi connectivity index (χ2n) is 5.89. The maximum absolute atomic E-state index is 13.1. The number of fused-ring (bicyclic) bond motifs is 1. The minimum Gasteiger partial charge on any atom is -0.316 e. The Labute approximate surface area is 117 Å². The molecule has 3 rings (SSSR count). The molecule has 2 heterocycles. The molecule has 1 N–H and O–H groups in total. The van der Waals surface area contributed by atoms with Crippen molar-refractivity contribution in [3.63, 3.8) is 0 Å². The van der Waals surface area contributed by atoms with Gasteiger partial charge in [-0.1, -0.05) is 18.2 Å². The first-order valence-electron chi connectivity index (χ1n) is 7.07. The molecule has 0 bridgehead atoms. The summed E-state index contributed by atoms with van der Waals surface area (Å²) in [6, 6.07) is 5.77. The SMILES string of the molecule is CC(c1ccccc1C(F)(F)F)N1C[C@H]2CNC[C@H]2C1. The average molecular weight is 284 g/mol. The van der Waals surface area contributed by atoms with Crippen LogP contribution in [0.4, 0.5) is 13.2 Å². The summed E-state index contributed by atoms with van der Waals surface area (Å²) in [7, 11) is 0. The molecule has 3 atom stereocenters. The van der Waals surface area contributed by atoms with E-state index in [1.165, 1.54) is 12.1 Å². The molecule has 2 nitrogen and oxygen atoms in total. The number of benzene rings is 1. The summed E-state index contributed by atoms with van der Waals surface area (Å²) in [4.78, 5) is 2.20. The number of hydrogen-bond donors (Lipinski definition) is 1. The molecule has 0 saturated carbocycles. The molecule has 1 aromatic carbocycles. The molecule has 5 heteroatoms. The van der Waals surface area contributed by atoms with Gasteiger partial charge in [0.05, 0.1) is 5.56 Å². The van der Waals surface area contributed by atoms with Gasteiger partial charge in [-0.3, -0.25) is 4.90 Å². The second-order valence-corrected chi connectivity index (χ2v) is 5.89. The molecule has 2 aliphatic heterocycles. The summed E-state index contributed by atoms with van der Waals surface area (Å²) in [6.45, 7) is 5.67. The van der Waals surface area contributed by atoms with E-state index in [1.54, 1.807) is 12.1 Å². The molecule has 0 radical (unpaired) electrons. The number of likely N-dealkylation sites (tertiary alicyclic amines) is 1. The second kappa shape index (κ2) is 5.04. The first kappa shape index (κ1) is 13.9. The lowest BCUT2D eigenvalue weighted by Gasteiger charge is -2.27. The van der Waals surface area contributed by atoms with Crippen LogP contribution >= 0.6 is 0 Å². The lowest BCUT2D eigenvalue weighted by Crippen LogP contribution is -2.29. The van der Waals surface area contributed by atoms with Crippen LogP contribution in [0.15, 0.2) is 24.3 Å². The molecule has 0 aliphatic carbocycles. The van der Waals surface area contributed by atoms with Crippen LogP contribution in [0.3, 0.4) is 0 Å².